The zero-order chi connectivity index (χ0) is 14.6. The first-order chi connectivity index (χ1) is 9.76. The van der Waals surface area contributed by atoms with Crippen molar-refractivity contribution < 1.29 is 14.3 Å². The third kappa shape index (κ3) is 7.55. The van der Waals surface area contributed by atoms with E-state index >= 15 is 0 Å². The average Bonchev–Trinajstić information content (AvgIpc) is 2.43. The lowest BCUT2D eigenvalue weighted by atomic mass is 10.0. The van der Waals surface area contributed by atoms with Gasteiger partial charge >= 0.3 is 5.97 Å². The summed E-state index contributed by atoms with van der Waals surface area (Å²) in [5.74, 6) is 6.27. The summed E-state index contributed by atoms with van der Waals surface area (Å²) in [7, 11) is 0. The first kappa shape index (κ1) is 17.0. The molecule has 0 radical (unpaired) electrons. The molecule has 3 heteroatoms. The number of hydrogen-bond acceptors (Lipinski definition) is 3. The van der Waals surface area contributed by atoms with Gasteiger partial charge in [-0.05, 0) is 32.6 Å². The number of hydrogen-bond donors (Lipinski definition) is 0. The molecule has 2 atom stereocenters. The molecular weight excluding hydrogens is 252 g/mol. The van der Waals surface area contributed by atoms with E-state index in [0.29, 0.717) is 13.0 Å². The van der Waals surface area contributed by atoms with Crippen LogP contribution < -0.4 is 0 Å². The molecule has 1 rings (SSSR count). The normalized spacial score (nSPS) is 21.9. The second-order valence-electron chi connectivity index (χ2n) is 5.32. The maximum absolute atomic E-state index is 11.4. The van der Waals surface area contributed by atoms with Gasteiger partial charge in [-0.1, -0.05) is 32.1 Å². The Morgan fingerprint density at radius 1 is 1.25 bits per heavy atom. The zero-order valence-electron chi connectivity index (χ0n) is 13.0. The quantitative estimate of drug-likeness (QED) is 0.404. The molecule has 0 unspecified atom stereocenters. The van der Waals surface area contributed by atoms with E-state index < -0.39 is 0 Å². The van der Waals surface area contributed by atoms with Gasteiger partial charge in [-0.25, -0.2) is 0 Å². The van der Waals surface area contributed by atoms with Crippen LogP contribution in [0.3, 0.4) is 0 Å². The Morgan fingerprint density at radius 3 is 2.85 bits per heavy atom. The van der Waals surface area contributed by atoms with Crippen LogP contribution in [0, 0.1) is 11.8 Å². The second-order valence-corrected chi connectivity index (χ2v) is 5.32. The molecule has 1 saturated heterocycles. The largest absolute Gasteiger partial charge is 0.466 e. The maximum atomic E-state index is 11.4. The summed E-state index contributed by atoms with van der Waals surface area (Å²) in [4.78, 5) is 11.4. The average molecular weight is 280 g/mol. The van der Waals surface area contributed by atoms with E-state index in [1.165, 1.54) is 25.7 Å². The predicted octanol–water partition coefficient (Wildman–Crippen LogP) is 3.85. The highest BCUT2D eigenvalue weighted by Gasteiger charge is 2.23. The van der Waals surface area contributed by atoms with Crippen LogP contribution in [0.4, 0.5) is 0 Å². The summed E-state index contributed by atoms with van der Waals surface area (Å²) in [6.45, 7) is 4.48. The summed E-state index contributed by atoms with van der Waals surface area (Å²) >= 11 is 0. The third-order valence-corrected chi connectivity index (χ3v) is 3.47. The lowest BCUT2D eigenvalue weighted by molar-refractivity contribution is -0.148. The van der Waals surface area contributed by atoms with E-state index in [2.05, 4.69) is 18.8 Å². The summed E-state index contributed by atoms with van der Waals surface area (Å²) in [5, 5.41) is 0. The van der Waals surface area contributed by atoms with Gasteiger partial charge in [0.15, 0.2) is 0 Å². The van der Waals surface area contributed by atoms with Crippen LogP contribution in [-0.4, -0.2) is 24.8 Å². The zero-order valence-corrected chi connectivity index (χ0v) is 13.0. The van der Waals surface area contributed by atoms with Crippen molar-refractivity contribution in [2.24, 2.45) is 0 Å². The van der Waals surface area contributed by atoms with Gasteiger partial charge in [0, 0.05) is 6.42 Å². The molecule has 0 aromatic heterocycles. The molecule has 1 aliphatic heterocycles. The molecule has 3 nitrogen and oxygen atoms in total. The summed E-state index contributed by atoms with van der Waals surface area (Å²) < 4.78 is 10.8. The molecule has 0 spiro atoms. The Labute approximate surface area is 123 Å². The number of ether oxygens (including phenoxy) is 2. The van der Waals surface area contributed by atoms with E-state index in [4.69, 9.17) is 9.47 Å². The molecular formula is C17H28O3. The highest BCUT2D eigenvalue weighted by Crippen LogP contribution is 2.21. The standard InChI is InChI=1S/C17H28O3/c1-3-5-6-7-8-9-11-15-12-10-13-16(20-15)14-17(18)19-4-2/h15-16H,3-8,10,12-14H2,1-2H3/t15-,16-/m1/s1. The Balaban J connectivity index is 2.23. The fourth-order valence-electron chi connectivity index (χ4n) is 2.39. The van der Waals surface area contributed by atoms with Crippen molar-refractivity contribution in [3.63, 3.8) is 0 Å². The lowest BCUT2D eigenvalue weighted by Crippen LogP contribution is -2.29. The number of esters is 1. The van der Waals surface area contributed by atoms with Gasteiger partial charge in [-0.2, -0.15) is 0 Å². The van der Waals surface area contributed by atoms with Gasteiger partial charge in [0.05, 0.1) is 19.1 Å². The van der Waals surface area contributed by atoms with Crippen molar-refractivity contribution in [1.29, 1.82) is 0 Å². The molecule has 0 aliphatic carbocycles. The molecule has 0 saturated carbocycles. The van der Waals surface area contributed by atoms with E-state index in [0.717, 1.165) is 25.7 Å². The Kier molecular flexibility index (Phi) is 9.15. The van der Waals surface area contributed by atoms with Crippen molar-refractivity contribution in [3.8, 4) is 11.8 Å². The van der Waals surface area contributed by atoms with Crippen LogP contribution in [-0.2, 0) is 14.3 Å². The summed E-state index contributed by atoms with van der Waals surface area (Å²) in [5.41, 5.74) is 0. The topological polar surface area (TPSA) is 35.5 Å². The first-order valence-electron chi connectivity index (χ1n) is 8.05. The molecule has 0 aromatic carbocycles. The minimum atomic E-state index is -0.161. The molecule has 0 aromatic rings. The maximum Gasteiger partial charge on any atom is 0.308 e. The fourth-order valence-corrected chi connectivity index (χ4v) is 2.39. The number of carbonyl (C=O) groups excluding carboxylic acids is 1. The van der Waals surface area contributed by atoms with Crippen molar-refractivity contribution >= 4 is 5.97 Å². The minimum absolute atomic E-state index is 0.00866. The molecule has 0 bridgehead atoms. The SMILES string of the molecule is CCCCCCC#C[C@@H]1CCC[C@H](CC(=O)OCC)O1. The smallest absolute Gasteiger partial charge is 0.308 e. The van der Waals surface area contributed by atoms with E-state index in [9.17, 15) is 4.79 Å². The highest BCUT2D eigenvalue weighted by atomic mass is 16.5. The number of unbranched alkanes of at least 4 members (excludes halogenated alkanes) is 4. The van der Waals surface area contributed by atoms with E-state index in [1.54, 1.807) is 0 Å². The minimum Gasteiger partial charge on any atom is -0.466 e. The second kappa shape index (κ2) is 10.7. The predicted molar refractivity (Wildman–Crippen MR) is 80.3 cm³/mol. The molecule has 1 aliphatic rings. The van der Waals surface area contributed by atoms with Crippen molar-refractivity contribution in [2.75, 3.05) is 6.61 Å². The van der Waals surface area contributed by atoms with Crippen LogP contribution in [0.1, 0.15) is 71.6 Å². The molecule has 0 amide bonds. The van der Waals surface area contributed by atoms with Crippen LogP contribution >= 0.6 is 0 Å². The molecule has 1 heterocycles. The lowest BCUT2D eigenvalue weighted by Gasteiger charge is -2.26. The van der Waals surface area contributed by atoms with Gasteiger partial charge < -0.3 is 9.47 Å². The van der Waals surface area contributed by atoms with E-state index in [1.807, 2.05) is 6.92 Å². The van der Waals surface area contributed by atoms with Crippen molar-refractivity contribution in [1.82, 2.24) is 0 Å². The monoisotopic (exact) mass is 280 g/mol. The van der Waals surface area contributed by atoms with Gasteiger partial charge in [-0.3, -0.25) is 4.79 Å². The van der Waals surface area contributed by atoms with Crippen LogP contribution in [0.5, 0.6) is 0 Å². The van der Waals surface area contributed by atoms with Crippen molar-refractivity contribution in [2.45, 2.75) is 83.8 Å². The summed E-state index contributed by atoms with van der Waals surface area (Å²) in [6.07, 6.45) is 9.33. The summed E-state index contributed by atoms with van der Waals surface area (Å²) in [6, 6.07) is 0. The molecule has 0 N–H and O–H groups in total. The van der Waals surface area contributed by atoms with Gasteiger partial charge in [0.2, 0.25) is 0 Å². The Bertz CT molecular complexity index is 327. The van der Waals surface area contributed by atoms with Crippen LogP contribution in [0.15, 0.2) is 0 Å². The Hall–Kier alpha value is -1.01. The highest BCUT2D eigenvalue weighted by molar-refractivity contribution is 5.69. The van der Waals surface area contributed by atoms with Crippen LogP contribution in [0.2, 0.25) is 0 Å². The molecule has 20 heavy (non-hydrogen) atoms. The van der Waals surface area contributed by atoms with Crippen molar-refractivity contribution in [3.05, 3.63) is 0 Å². The van der Waals surface area contributed by atoms with Gasteiger partial charge in [0.25, 0.3) is 0 Å². The fraction of sp³-hybridized carbons (Fsp3) is 0.824. The molecule has 1 fully saturated rings. The third-order valence-electron chi connectivity index (χ3n) is 3.47. The first-order valence-corrected chi connectivity index (χ1v) is 8.05. The van der Waals surface area contributed by atoms with Gasteiger partial charge in [0.1, 0.15) is 6.10 Å². The van der Waals surface area contributed by atoms with Gasteiger partial charge in [-0.15, -0.1) is 5.92 Å². The van der Waals surface area contributed by atoms with Crippen LogP contribution in [0.25, 0.3) is 0 Å². The van der Waals surface area contributed by atoms with E-state index in [-0.39, 0.29) is 18.2 Å². The number of rotatable bonds is 7. The molecule has 114 valence electrons. The number of carbonyl (C=O) groups is 1. The Morgan fingerprint density at radius 2 is 2.10 bits per heavy atom.